The number of benzene rings is 4. The van der Waals surface area contributed by atoms with Gasteiger partial charge in [-0.05, 0) is 42.1 Å². The highest BCUT2D eigenvalue weighted by molar-refractivity contribution is 7.16. The molecule has 0 spiro atoms. The van der Waals surface area contributed by atoms with Crippen molar-refractivity contribution >= 4 is 43.4 Å². The molecule has 0 fully saturated rings. The summed E-state index contributed by atoms with van der Waals surface area (Å²) in [5.74, 6) is 1.15. The maximum atomic E-state index is 4.76. The lowest BCUT2D eigenvalue weighted by Crippen LogP contribution is -2.30. The summed E-state index contributed by atoms with van der Waals surface area (Å²) < 4.78 is 5.92. The van der Waals surface area contributed by atoms with E-state index in [1.807, 2.05) is 5.51 Å². The van der Waals surface area contributed by atoms with E-state index in [2.05, 4.69) is 102 Å². The van der Waals surface area contributed by atoms with E-state index in [1.165, 1.54) is 43.3 Å². The molecule has 144 valence electrons. The molecular formula is C26H20N3S+. The summed E-state index contributed by atoms with van der Waals surface area (Å²) in [7, 11) is 2.16. The first-order chi connectivity index (χ1) is 14.7. The molecule has 0 saturated heterocycles. The molecule has 0 bridgehead atoms. The third kappa shape index (κ3) is 2.37. The van der Waals surface area contributed by atoms with Gasteiger partial charge in [0.15, 0.2) is 11.0 Å². The highest BCUT2D eigenvalue weighted by atomic mass is 32.1. The van der Waals surface area contributed by atoms with Crippen molar-refractivity contribution in [3.05, 3.63) is 89.9 Å². The van der Waals surface area contributed by atoms with Crippen molar-refractivity contribution in [1.29, 1.82) is 0 Å². The topological polar surface area (TPSA) is 21.7 Å². The predicted molar refractivity (Wildman–Crippen MR) is 125 cm³/mol. The number of nitrogens with zero attached hydrogens (tertiary/aromatic N) is 3. The summed E-state index contributed by atoms with van der Waals surface area (Å²) in [6.45, 7) is 2.18. The minimum Gasteiger partial charge on any atom is -0.244 e. The molecule has 0 N–H and O–H groups in total. The van der Waals surface area contributed by atoms with E-state index in [1.54, 1.807) is 11.3 Å². The van der Waals surface area contributed by atoms with Crippen LogP contribution < -0.4 is 4.57 Å². The Labute approximate surface area is 178 Å². The molecule has 0 radical (unpaired) electrons. The standard InChI is InChI=1S/C26H20N3S/c1-17-14-15-23-25(27-16-30-23)24(17)26-28(2)21-11-5-6-12-22(21)29(26)20-13-7-9-18-8-3-4-10-19(18)20/h3-16H,1-2H3/q+1. The van der Waals surface area contributed by atoms with Gasteiger partial charge in [-0.3, -0.25) is 0 Å². The Morgan fingerprint density at radius 2 is 1.67 bits per heavy atom. The Kier molecular flexibility index (Phi) is 3.77. The Morgan fingerprint density at radius 3 is 2.60 bits per heavy atom. The molecule has 0 aliphatic carbocycles. The predicted octanol–water partition coefficient (Wildman–Crippen LogP) is 6.19. The zero-order valence-electron chi connectivity index (χ0n) is 16.8. The first-order valence-corrected chi connectivity index (χ1v) is 10.9. The molecule has 0 aliphatic heterocycles. The van der Waals surface area contributed by atoms with E-state index in [-0.39, 0.29) is 0 Å². The number of aryl methyl sites for hydroxylation is 2. The van der Waals surface area contributed by atoms with Gasteiger partial charge in [0.05, 0.1) is 28.3 Å². The summed E-state index contributed by atoms with van der Waals surface area (Å²) in [4.78, 5) is 4.76. The highest BCUT2D eigenvalue weighted by Gasteiger charge is 2.29. The van der Waals surface area contributed by atoms with Crippen LogP contribution in [0.15, 0.2) is 84.4 Å². The van der Waals surface area contributed by atoms with Crippen molar-refractivity contribution < 1.29 is 4.57 Å². The van der Waals surface area contributed by atoms with Gasteiger partial charge in [-0.15, -0.1) is 11.3 Å². The third-order valence-electron chi connectivity index (χ3n) is 5.96. The fraction of sp³-hybridized carbons (Fsp3) is 0.0769. The Bertz CT molecular complexity index is 1570. The van der Waals surface area contributed by atoms with Crippen LogP contribution in [0.25, 0.3) is 49.1 Å². The summed E-state index contributed by atoms with van der Waals surface area (Å²) >= 11 is 1.69. The first-order valence-electron chi connectivity index (χ1n) is 10.0. The maximum Gasteiger partial charge on any atom is 0.297 e. The molecule has 6 rings (SSSR count). The monoisotopic (exact) mass is 406 g/mol. The van der Waals surface area contributed by atoms with Crippen LogP contribution in [0.4, 0.5) is 0 Å². The number of fused-ring (bicyclic) bond motifs is 3. The SMILES string of the molecule is Cc1ccc2scnc2c1-c1n(-c2cccc3ccccc23)c2ccccc2[n+]1C. The number of thiazole rings is 1. The lowest BCUT2D eigenvalue weighted by molar-refractivity contribution is -0.633. The van der Waals surface area contributed by atoms with Gasteiger partial charge >= 0.3 is 0 Å². The maximum absolute atomic E-state index is 4.76. The second-order valence-corrected chi connectivity index (χ2v) is 8.55. The number of rotatable bonds is 2. The number of aromatic nitrogens is 3. The van der Waals surface area contributed by atoms with Crippen molar-refractivity contribution in [2.75, 3.05) is 0 Å². The minimum absolute atomic E-state index is 1.07. The van der Waals surface area contributed by atoms with Gasteiger partial charge in [-0.25, -0.2) is 9.55 Å². The number of hydrogen-bond donors (Lipinski definition) is 0. The van der Waals surface area contributed by atoms with E-state index >= 15 is 0 Å². The van der Waals surface area contributed by atoms with Crippen molar-refractivity contribution in [2.24, 2.45) is 7.05 Å². The van der Waals surface area contributed by atoms with Crippen LogP contribution in [0.1, 0.15) is 5.56 Å². The van der Waals surface area contributed by atoms with Gasteiger partial charge in [0, 0.05) is 5.39 Å². The molecule has 0 atom stereocenters. The smallest absolute Gasteiger partial charge is 0.244 e. The zero-order valence-corrected chi connectivity index (χ0v) is 17.6. The van der Waals surface area contributed by atoms with Crippen molar-refractivity contribution in [1.82, 2.24) is 9.55 Å². The first kappa shape index (κ1) is 17.4. The molecule has 4 aromatic carbocycles. The largest absolute Gasteiger partial charge is 0.297 e. The molecule has 0 unspecified atom stereocenters. The molecular weight excluding hydrogens is 386 g/mol. The van der Waals surface area contributed by atoms with Gasteiger partial charge in [0.2, 0.25) is 0 Å². The molecule has 4 heteroatoms. The molecule has 0 amide bonds. The van der Waals surface area contributed by atoms with E-state index in [9.17, 15) is 0 Å². The summed E-state index contributed by atoms with van der Waals surface area (Å²) in [5.41, 5.74) is 9.02. The number of hydrogen-bond acceptors (Lipinski definition) is 2. The third-order valence-corrected chi connectivity index (χ3v) is 6.75. The average Bonchev–Trinajstić information content (AvgIpc) is 3.37. The van der Waals surface area contributed by atoms with Gasteiger partial charge in [-0.1, -0.05) is 54.6 Å². The summed E-state index contributed by atoms with van der Waals surface area (Å²) in [5, 5.41) is 2.48. The lowest BCUT2D eigenvalue weighted by atomic mass is 10.1. The fourth-order valence-electron chi connectivity index (χ4n) is 4.56. The molecule has 3 nitrogen and oxygen atoms in total. The van der Waals surface area contributed by atoms with Gasteiger partial charge in [0.1, 0.15) is 5.69 Å². The summed E-state index contributed by atoms with van der Waals surface area (Å²) in [6.07, 6.45) is 0. The minimum atomic E-state index is 1.07. The van der Waals surface area contributed by atoms with Crippen LogP contribution >= 0.6 is 11.3 Å². The van der Waals surface area contributed by atoms with Gasteiger partial charge in [0.25, 0.3) is 5.82 Å². The Hall–Kier alpha value is -3.50. The van der Waals surface area contributed by atoms with Gasteiger partial charge in [-0.2, -0.15) is 4.57 Å². The second kappa shape index (κ2) is 6.51. The second-order valence-electron chi connectivity index (χ2n) is 7.66. The number of para-hydroxylation sites is 2. The van der Waals surface area contributed by atoms with Gasteiger partial charge < -0.3 is 0 Å². The van der Waals surface area contributed by atoms with E-state index in [0.29, 0.717) is 0 Å². The van der Waals surface area contributed by atoms with Crippen LogP contribution in [0.2, 0.25) is 0 Å². The summed E-state index contributed by atoms with van der Waals surface area (Å²) in [6, 6.07) is 28.1. The molecule has 2 heterocycles. The fourth-order valence-corrected chi connectivity index (χ4v) is 5.24. The van der Waals surface area contributed by atoms with Crippen LogP contribution in [0.3, 0.4) is 0 Å². The van der Waals surface area contributed by atoms with E-state index in [4.69, 9.17) is 4.98 Å². The van der Waals surface area contributed by atoms with Crippen LogP contribution in [-0.2, 0) is 7.05 Å². The lowest BCUT2D eigenvalue weighted by Gasteiger charge is -2.09. The Morgan fingerprint density at radius 1 is 0.867 bits per heavy atom. The van der Waals surface area contributed by atoms with E-state index in [0.717, 1.165) is 11.3 Å². The van der Waals surface area contributed by atoms with E-state index < -0.39 is 0 Å². The van der Waals surface area contributed by atoms with Crippen LogP contribution in [0, 0.1) is 6.92 Å². The van der Waals surface area contributed by atoms with Crippen LogP contribution in [-0.4, -0.2) is 9.55 Å². The number of imidazole rings is 1. The molecule has 30 heavy (non-hydrogen) atoms. The van der Waals surface area contributed by atoms with Crippen molar-refractivity contribution in [3.8, 4) is 17.1 Å². The zero-order chi connectivity index (χ0) is 20.2. The molecule has 6 aromatic rings. The molecule has 0 saturated carbocycles. The highest BCUT2D eigenvalue weighted by Crippen LogP contribution is 2.36. The molecule has 2 aromatic heterocycles. The van der Waals surface area contributed by atoms with Crippen molar-refractivity contribution in [2.45, 2.75) is 6.92 Å². The Balaban J connectivity index is 1.84. The normalized spacial score (nSPS) is 11.7. The molecule has 0 aliphatic rings. The van der Waals surface area contributed by atoms with Crippen LogP contribution in [0.5, 0.6) is 0 Å². The average molecular weight is 407 g/mol. The quantitative estimate of drug-likeness (QED) is 0.314. The van der Waals surface area contributed by atoms with Crippen molar-refractivity contribution in [3.63, 3.8) is 0 Å².